The van der Waals surface area contributed by atoms with Crippen molar-refractivity contribution in [3.8, 4) is 12.5 Å². The number of nitrogens with zero attached hydrogens (tertiary/aromatic N) is 1. The number of carbonyl (C=O) groups is 4. The van der Waals surface area contributed by atoms with Crippen molar-refractivity contribution in [3.63, 3.8) is 0 Å². The first-order chi connectivity index (χ1) is 16.5. The van der Waals surface area contributed by atoms with Gasteiger partial charge in [0.05, 0.1) is 7.11 Å². The van der Waals surface area contributed by atoms with E-state index in [2.05, 4.69) is 21.4 Å². The molecule has 1 rings (SSSR count). The molecule has 0 aliphatic heterocycles. The molecular formula is C25H35N3O6S. The molecule has 0 saturated heterocycles. The van der Waals surface area contributed by atoms with Gasteiger partial charge in [-0.2, -0.15) is 11.8 Å². The van der Waals surface area contributed by atoms with Crippen molar-refractivity contribution < 1.29 is 28.7 Å². The summed E-state index contributed by atoms with van der Waals surface area (Å²) < 4.78 is 9.88. The standard InChI is InChI=1S/C25H35N3O6S/c1-8-17-10-12-18(13-11-17)21(22(30)26-16-20(29)33-6)28(9-2)23(31)19(14-15-35-7)27-24(32)34-25(3,4)5/h2,10-13,19,21H,8,14-16H2,1,3-7H3,(H,26,30)(H,27,32). The normalized spacial score (nSPS) is 12.5. The molecular weight excluding hydrogens is 470 g/mol. The van der Waals surface area contributed by atoms with Gasteiger partial charge >= 0.3 is 12.1 Å². The van der Waals surface area contributed by atoms with Crippen LogP contribution in [0.25, 0.3) is 0 Å². The summed E-state index contributed by atoms with van der Waals surface area (Å²) in [5.41, 5.74) is 0.725. The van der Waals surface area contributed by atoms with Crippen LogP contribution in [0.5, 0.6) is 0 Å². The molecule has 2 unspecified atom stereocenters. The predicted molar refractivity (Wildman–Crippen MR) is 135 cm³/mol. The van der Waals surface area contributed by atoms with Crippen molar-refractivity contribution in [1.82, 2.24) is 15.5 Å². The number of aryl methyl sites for hydroxylation is 1. The quantitative estimate of drug-likeness (QED) is 0.270. The lowest BCUT2D eigenvalue weighted by Gasteiger charge is -2.30. The van der Waals surface area contributed by atoms with Crippen molar-refractivity contribution in [2.45, 2.75) is 58.2 Å². The SMILES string of the molecule is C#CN(C(=O)C(CCSC)NC(=O)OC(C)(C)C)C(C(=O)NCC(=O)OC)c1ccc(CC)cc1. The van der Waals surface area contributed by atoms with Crippen LogP contribution in [0.1, 0.15) is 51.3 Å². The summed E-state index contributed by atoms with van der Waals surface area (Å²) in [5.74, 6) is -1.41. The summed E-state index contributed by atoms with van der Waals surface area (Å²) in [5, 5.41) is 5.04. The third-order valence-corrected chi connectivity index (χ3v) is 5.47. The van der Waals surface area contributed by atoms with Gasteiger partial charge in [-0.1, -0.05) is 37.6 Å². The monoisotopic (exact) mass is 505 g/mol. The van der Waals surface area contributed by atoms with Crippen LogP contribution < -0.4 is 10.6 Å². The molecule has 0 aliphatic rings. The van der Waals surface area contributed by atoms with E-state index in [1.165, 1.54) is 18.9 Å². The molecule has 0 fully saturated rings. The fourth-order valence-electron chi connectivity index (χ4n) is 3.06. The van der Waals surface area contributed by atoms with Gasteiger partial charge in [0.1, 0.15) is 24.2 Å². The van der Waals surface area contributed by atoms with E-state index in [1.807, 2.05) is 25.3 Å². The van der Waals surface area contributed by atoms with E-state index in [0.29, 0.717) is 11.3 Å². The number of hydrogen-bond donors (Lipinski definition) is 2. The minimum absolute atomic E-state index is 0.267. The first-order valence-electron chi connectivity index (χ1n) is 11.2. The van der Waals surface area contributed by atoms with E-state index in [-0.39, 0.29) is 6.42 Å². The lowest BCUT2D eigenvalue weighted by atomic mass is 10.0. The number of terminal acetylenes is 1. The molecule has 0 heterocycles. The van der Waals surface area contributed by atoms with Gasteiger partial charge in [-0.25, -0.2) is 4.79 Å². The smallest absolute Gasteiger partial charge is 0.408 e. The van der Waals surface area contributed by atoms with Crippen molar-refractivity contribution in [2.75, 3.05) is 25.7 Å². The summed E-state index contributed by atoms with van der Waals surface area (Å²) in [7, 11) is 1.20. The lowest BCUT2D eigenvalue weighted by Crippen LogP contribution is -2.52. The summed E-state index contributed by atoms with van der Waals surface area (Å²) in [6, 6.07) is 7.11. The maximum atomic E-state index is 13.6. The number of rotatable bonds is 11. The Morgan fingerprint density at radius 3 is 2.29 bits per heavy atom. The van der Waals surface area contributed by atoms with Gasteiger partial charge in [-0.15, -0.1) is 0 Å². The topological polar surface area (TPSA) is 114 Å². The van der Waals surface area contributed by atoms with Crippen LogP contribution in [0, 0.1) is 12.5 Å². The first kappa shape index (κ1) is 29.8. The van der Waals surface area contributed by atoms with E-state index < -0.39 is 48.1 Å². The second-order valence-corrected chi connectivity index (χ2v) is 9.59. The molecule has 35 heavy (non-hydrogen) atoms. The predicted octanol–water partition coefficient (Wildman–Crippen LogP) is 2.65. The van der Waals surface area contributed by atoms with E-state index in [9.17, 15) is 19.2 Å². The van der Waals surface area contributed by atoms with Crippen LogP contribution in [-0.2, 0) is 30.3 Å². The Balaban J connectivity index is 3.33. The maximum absolute atomic E-state index is 13.6. The molecule has 0 radical (unpaired) electrons. The molecule has 0 saturated carbocycles. The van der Waals surface area contributed by atoms with Crippen LogP contribution in [0.4, 0.5) is 4.79 Å². The summed E-state index contributed by atoms with van der Waals surface area (Å²) in [6.45, 7) is 6.73. The van der Waals surface area contributed by atoms with Gasteiger partial charge < -0.3 is 20.1 Å². The zero-order valence-corrected chi connectivity index (χ0v) is 22.0. The highest BCUT2D eigenvalue weighted by atomic mass is 32.2. The number of nitrogens with one attached hydrogen (secondary N) is 2. The Morgan fingerprint density at radius 1 is 1.17 bits per heavy atom. The largest absolute Gasteiger partial charge is 0.468 e. The average Bonchev–Trinajstić information content (AvgIpc) is 2.81. The molecule has 1 aromatic carbocycles. The Labute approximate surface area is 211 Å². The zero-order valence-electron chi connectivity index (χ0n) is 21.2. The van der Waals surface area contributed by atoms with E-state index in [4.69, 9.17) is 11.2 Å². The van der Waals surface area contributed by atoms with Crippen molar-refractivity contribution >= 4 is 35.6 Å². The number of ether oxygens (including phenoxy) is 2. The van der Waals surface area contributed by atoms with Crippen LogP contribution in [-0.4, -0.2) is 66.1 Å². The highest BCUT2D eigenvalue weighted by Gasteiger charge is 2.35. The summed E-state index contributed by atoms with van der Waals surface area (Å²) in [4.78, 5) is 51.6. The fraction of sp³-hybridized carbons (Fsp3) is 0.520. The van der Waals surface area contributed by atoms with E-state index in [0.717, 1.165) is 16.9 Å². The lowest BCUT2D eigenvalue weighted by molar-refractivity contribution is -0.142. The second-order valence-electron chi connectivity index (χ2n) is 8.61. The number of esters is 1. The highest BCUT2D eigenvalue weighted by Crippen LogP contribution is 2.23. The van der Waals surface area contributed by atoms with Gasteiger partial charge in [0.15, 0.2) is 0 Å². The van der Waals surface area contributed by atoms with Gasteiger partial charge in [-0.3, -0.25) is 19.3 Å². The molecule has 0 bridgehead atoms. The number of amides is 3. The molecule has 2 N–H and O–H groups in total. The third kappa shape index (κ3) is 9.91. The molecule has 0 aromatic heterocycles. The number of methoxy groups -OCH3 is 1. The van der Waals surface area contributed by atoms with Crippen molar-refractivity contribution in [1.29, 1.82) is 0 Å². The summed E-state index contributed by atoms with van der Waals surface area (Å²) in [6.07, 6.45) is 7.87. The molecule has 0 aliphatic carbocycles. The Kier molecular flexibility index (Phi) is 12.2. The molecule has 10 heteroatoms. The number of carbonyl (C=O) groups excluding carboxylic acids is 4. The zero-order chi connectivity index (χ0) is 26.6. The molecule has 0 spiro atoms. The minimum atomic E-state index is -1.24. The molecule has 9 nitrogen and oxygen atoms in total. The number of hydrogen-bond acceptors (Lipinski definition) is 7. The van der Waals surface area contributed by atoms with Gasteiger partial charge in [0.2, 0.25) is 5.91 Å². The molecule has 2 atom stereocenters. The van der Waals surface area contributed by atoms with Crippen LogP contribution in [0.15, 0.2) is 24.3 Å². The number of benzene rings is 1. The van der Waals surface area contributed by atoms with Crippen LogP contribution >= 0.6 is 11.8 Å². The Morgan fingerprint density at radius 2 is 1.80 bits per heavy atom. The number of thioether (sulfide) groups is 1. The maximum Gasteiger partial charge on any atom is 0.408 e. The average molecular weight is 506 g/mol. The van der Waals surface area contributed by atoms with E-state index in [1.54, 1.807) is 32.9 Å². The van der Waals surface area contributed by atoms with Gasteiger partial charge in [0, 0.05) is 6.04 Å². The highest BCUT2D eigenvalue weighted by molar-refractivity contribution is 7.98. The van der Waals surface area contributed by atoms with Gasteiger partial charge in [-0.05, 0) is 56.7 Å². The second kappa shape index (κ2) is 14.3. The van der Waals surface area contributed by atoms with Crippen molar-refractivity contribution in [3.05, 3.63) is 35.4 Å². The van der Waals surface area contributed by atoms with Crippen LogP contribution in [0.3, 0.4) is 0 Å². The first-order valence-corrected chi connectivity index (χ1v) is 12.6. The molecule has 192 valence electrons. The number of alkyl carbamates (subject to hydrolysis) is 1. The fourth-order valence-corrected chi connectivity index (χ4v) is 3.53. The van der Waals surface area contributed by atoms with Crippen molar-refractivity contribution in [2.24, 2.45) is 0 Å². The van der Waals surface area contributed by atoms with Crippen LogP contribution in [0.2, 0.25) is 0 Å². The van der Waals surface area contributed by atoms with E-state index >= 15 is 0 Å². The third-order valence-electron chi connectivity index (χ3n) is 4.82. The molecule has 3 amide bonds. The minimum Gasteiger partial charge on any atom is -0.468 e. The Hall–Kier alpha value is -3.19. The van der Waals surface area contributed by atoms with Gasteiger partial charge in [0.25, 0.3) is 5.91 Å². The Bertz CT molecular complexity index is 921. The molecule has 1 aromatic rings. The summed E-state index contributed by atoms with van der Waals surface area (Å²) >= 11 is 1.49.